The number of carbonyl (C=O) groups excluding carboxylic acids is 2. The largest absolute Gasteiger partial charge is 0.510 e. The van der Waals surface area contributed by atoms with Crippen molar-refractivity contribution < 1.29 is 23.5 Å². The molecule has 0 radical (unpaired) electrons. The number of hydrogen-bond donors (Lipinski definition) is 2. The highest BCUT2D eigenvalue weighted by atomic mass is 19.1. The van der Waals surface area contributed by atoms with E-state index in [0.29, 0.717) is 18.0 Å². The Hall–Kier alpha value is -2.90. The average Bonchev–Trinajstić information content (AvgIpc) is 3.24. The Morgan fingerprint density at radius 1 is 1.34 bits per heavy atom. The van der Waals surface area contributed by atoms with Crippen molar-refractivity contribution in [1.82, 2.24) is 15.1 Å². The molecule has 8 heteroatoms. The van der Waals surface area contributed by atoms with Crippen LogP contribution >= 0.6 is 0 Å². The van der Waals surface area contributed by atoms with Gasteiger partial charge in [-0.25, -0.2) is 8.78 Å². The number of nitrogens with one attached hydrogen (secondary N) is 1. The van der Waals surface area contributed by atoms with Gasteiger partial charge >= 0.3 is 0 Å². The first-order valence-electron chi connectivity index (χ1n) is 9.80. The van der Waals surface area contributed by atoms with Gasteiger partial charge in [0.05, 0.1) is 5.54 Å². The smallest absolute Gasteiger partial charge is 0.274 e. The van der Waals surface area contributed by atoms with Gasteiger partial charge in [0.25, 0.3) is 5.91 Å². The Labute approximate surface area is 166 Å². The predicted molar refractivity (Wildman–Crippen MR) is 99.1 cm³/mol. The molecule has 29 heavy (non-hydrogen) atoms. The van der Waals surface area contributed by atoms with Crippen LogP contribution < -0.4 is 5.32 Å². The van der Waals surface area contributed by atoms with Crippen LogP contribution in [0.1, 0.15) is 31.2 Å². The Morgan fingerprint density at radius 2 is 2.17 bits per heavy atom. The molecule has 3 aliphatic heterocycles. The van der Waals surface area contributed by atoms with Crippen LogP contribution in [0.3, 0.4) is 0 Å². The van der Waals surface area contributed by atoms with E-state index in [1.54, 1.807) is 11.1 Å². The molecule has 3 heterocycles. The molecule has 2 saturated heterocycles. The zero-order valence-corrected chi connectivity index (χ0v) is 15.8. The summed E-state index contributed by atoms with van der Waals surface area (Å²) in [6, 6.07) is 3.18. The van der Waals surface area contributed by atoms with E-state index in [9.17, 15) is 23.5 Å². The van der Waals surface area contributed by atoms with Gasteiger partial charge in [-0.2, -0.15) is 0 Å². The van der Waals surface area contributed by atoms with Crippen molar-refractivity contribution in [2.24, 2.45) is 5.92 Å². The quantitative estimate of drug-likeness (QED) is 0.816. The average molecular weight is 401 g/mol. The summed E-state index contributed by atoms with van der Waals surface area (Å²) in [5.74, 6) is -1.64. The maximum absolute atomic E-state index is 13.8. The molecule has 2 amide bonds. The fourth-order valence-corrected chi connectivity index (χ4v) is 5.23. The Morgan fingerprint density at radius 3 is 2.93 bits per heavy atom. The molecule has 152 valence electrons. The topological polar surface area (TPSA) is 72.9 Å². The molecule has 1 aliphatic carbocycles. The number of rotatable bonds is 3. The summed E-state index contributed by atoms with van der Waals surface area (Å²) < 4.78 is 26.8. The van der Waals surface area contributed by atoms with Crippen molar-refractivity contribution >= 4 is 11.8 Å². The standard InChI is InChI=1S/C21H21F2N3O3/c22-15-2-1-13(16(23)6-15)8-24-19(28)14-5-17(27)18-20(29)26-9-12-3-4-21(26,7-12)11-25(18)10-14/h1-2,6,10,12,27H,3-5,7-9,11H2,(H,24,28)/t12-,21+/m1/s1. The van der Waals surface area contributed by atoms with E-state index in [4.69, 9.17) is 0 Å². The van der Waals surface area contributed by atoms with Crippen LogP contribution in [0.2, 0.25) is 0 Å². The van der Waals surface area contributed by atoms with E-state index in [0.717, 1.165) is 37.9 Å². The Kier molecular flexibility index (Phi) is 3.94. The SMILES string of the molecule is O=C(NCc1ccc(F)cc1F)C1=CN2C[C@@]34CC[C@@H](CN3C(=O)C2=C(O)C1)C4. The summed E-state index contributed by atoms with van der Waals surface area (Å²) in [6.45, 7) is 1.21. The first kappa shape index (κ1) is 18.1. The lowest BCUT2D eigenvalue weighted by molar-refractivity contribution is -0.138. The minimum atomic E-state index is -0.731. The number of fused-ring (bicyclic) bond motifs is 2. The van der Waals surface area contributed by atoms with E-state index in [1.165, 1.54) is 6.07 Å². The van der Waals surface area contributed by atoms with Crippen LogP contribution in [0, 0.1) is 17.6 Å². The zero-order valence-electron chi connectivity index (χ0n) is 15.8. The van der Waals surface area contributed by atoms with E-state index in [1.807, 2.05) is 4.90 Å². The first-order valence-corrected chi connectivity index (χ1v) is 9.80. The fourth-order valence-electron chi connectivity index (χ4n) is 5.23. The molecule has 1 aromatic rings. The van der Waals surface area contributed by atoms with Crippen molar-refractivity contribution in [1.29, 1.82) is 0 Å². The summed E-state index contributed by atoms with van der Waals surface area (Å²) in [6.07, 6.45) is 4.57. The summed E-state index contributed by atoms with van der Waals surface area (Å²) in [4.78, 5) is 29.2. The molecule has 1 aromatic carbocycles. The number of aliphatic hydroxyl groups is 1. The molecule has 6 nitrogen and oxygen atoms in total. The number of piperidine rings is 1. The van der Waals surface area contributed by atoms with Gasteiger partial charge in [-0.15, -0.1) is 0 Å². The Balaban J connectivity index is 1.34. The van der Waals surface area contributed by atoms with Crippen LogP contribution in [0.25, 0.3) is 0 Å². The highest BCUT2D eigenvalue weighted by Crippen LogP contribution is 2.50. The number of benzene rings is 1. The van der Waals surface area contributed by atoms with E-state index >= 15 is 0 Å². The summed E-state index contributed by atoms with van der Waals surface area (Å²) in [5.41, 5.74) is 0.517. The third kappa shape index (κ3) is 2.81. The fraction of sp³-hybridized carbons (Fsp3) is 0.429. The molecule has 4 aliphatic rings. The maximum Gasteiger partial charge on any atom is 0.274 e. The van der Waals surface area contributed by atoms with Crippen molar-refractivity contribution in [3.63, 3.8) is 0 Å². The molecule has 1 spiro atoms. The maximum atomic E-state index is 13.8. The van der Waals surface area contributed by atoms with Crippen molar-refractivity contribution in [2.75, 3.05) is 13.1 Å². The van der Waals surface area contributed by atoms with Gasteiger partial charge in [-0.3, -0.25) is 9.59 Å². The molecule has 2 N–H and O–H groups in total. The van der Waals surface area contributed by atoms with E-state index in [2.05, 4.69) is 5.32 Å². The molecule has 2 bridgehead atoms. The lowest BCUT2D eigenvalue weighted by Crippen LogP contribution is -2.60. The van der Waals surface area contributed by atoms with Gasteiger partial charge in [-0.05, 0) is 31.2 Å². The second-order valence-corrected chi connectivity index (χ2v) is 8.42. The highest BCUT2D eigenvalue weighted by Gasteiger charge is 2.57. The zero-order chi connectivity index (χ0) is 20.3. The van der Waals surface area contributed by atoms with Crippen LogP contribution in [-0.2, 0) is 16.1 Å². The summed E-state index contributed by atoms with van der Waals surface area (Å²) in [5, 5.41) is 13.1. The molecular formula is C21H21F2N3O3. The van der Waals surface area contributed by atoms with Crippen LogP contribution in [0.5, 0.6) is 0 Å². The minimum Gasteiger partial charge on any atom is -0.510 e. The van der Waals surface area contributed by atoms with Crippen LogP contribution in [0.4, 0.5) is 8.78 Å². The van der Waals surface area contributed by atoms with Gasteiger partial charge in [0, 0.05) is 49.5 Å². The van der Waals surface area contributed by atoms with Gasteiger partial charge in [0.1, 0.15) is 23.1 Å². The first-order chi connectivity index (χ1) is 13.9. The second-order valence-electron chi connectivity index (χ2n) is 8.42. The van der Waals surface area contributed by atoms with Gasteiger partial charge in [-0.1, -0.05) is 6.07 Å². The van der Waals surface area contributed by atoms with Gasteiger partial charge < -0.3 is 20.2 Å². The lowest BCUT2D eigenvalue weighted by Gasteiger charge is -2.48. The van der Waals surface area contributed by atoms with Crippen molar-refractivity contribution in [3.05, 3.63) is 58.6 Å². The molecule has 1 saturated carbocycles. The Bertz CT molecular complexity index is 989. The highest BCUT2D eigenvalue weighted by molar-refractivity contribution is 5.99. The number of nitrogens with zero attached hydrogens (tertiary/aromatic N) is 2. The van der Waals surface area contributed by atoms with Gasteiger partial charge in [0.15, 0.2) is 0 Å². The summed E-state index contributed by atoms with van der Waals surface area (Å²) in [7, 11) is 0. The predicted octanol–water partition coefficient (Wildman–Crippen LogP) is 2.33. The number of halogens is 2. The molecular weight excluding hydrogens is 380 g/mol. The second kappa shape index (κ2) is 6.30. The molecule has 5 rings (SSSR count). The van der Waals surface area contributed by atoms with Gasteiger partial charge in [0.2, 0.25) is 5.91 Å². The summed E-state index contributed by atoms with van der Waals surface area (Å²) >= 11 is 0. The number of hydrogen-bond acceptors (Lipinski definition) is 4. The minimum absolute atomic E-state index is 0.0560. The van der Waals surface area contributed by atoms with Crippen molar-refractivity contribution in [3.8, 4) is 0 Å². The third-order valence-electron chi connectivity index (χ3n) is 6.59. The van der Waals surface area contributed by atoms with Crippen molar-refractivity contribution in [2.45, 2.75) is 37.8 Å². The molecule has 0 aromatic heterocycles. The monoisotopic (exact) mass is 401 g/mol. The molecule has 3 fully saturated rings. The van der Waals surface area contributed by atoms with E-state index < -0.39 is 17.5 Å². The number of aliphatic hydroxyl groups excluding tert-OH is 1. The molecule has 2 atom stereocenters. The van der Waals surface area contributed by atoms with Crippen LogP contribution in [0.15, 0.2) is 41.4 Å². The number of allylic oxidation sites excluding steroid dienone is 1. The lowest BCUT2D eigenvalue weighted by atomic mass is 9.90. The third-order valence-corrected chi connectivity index (χ3v) is 6.59. The normalized spacial score (nSPS) is 27.7. The van der Waals surface area contributed by atoms with E-state index in [-0.39, 0.29) is 41.4 Å². The number of carbonyl (C=O) groups is 2. The molecule has 0 unspecified atom stereocenters. The number of amides is 2. The van der Waals surface area contributed by atoms with Crippen LogP contribution in [-0.4, -0.2) is 45.3 Å². The number of piperazine rings is 1.